The number of carbonyl (C=O) groups is 2. The molecule has 0 radical (unpaired) electrons. The summed E-state index contributed by atoms with van der Waals surface area (Å²) in [5, 5.41) is 13.7. The molecule has 1 N–H and O–H groups in total. The van der Waals surface area contributed by atoms with Gasteiger partial charge in [0, 0.05) is 25.1 Å². The molecule has 1 saturated heterocycles. The van der Waals surface area contributed by atoms with E-state index in [4.69, 9.17) is 5.11 Å². The Hall–Kier alpha value is -2.47. The standard InChI is InChI=1S/C24H29N3O3/c1-14-21-19(12-17-22(21)24(17,2)3)27(25-14)20(28)9-8-15-4-6-16(7-5-15)13-26-11-10-18(26)23(29)30/h4-7,17-18,22H,8-13H2,1-3H3,(H,29,30). The molecule has 0 bridgehead atoms. The van der Waals surface area contributed by atoms with E-state index in [1.165, 1.54) is 5.56 Å². The van der Waals surface area contributed by atoms with Gasteiger partial charge >= 0.3 is 5.97 Å². The maximum atomic E-state index is 12.9. The zero-order chi connectivity index (χ0) is 21.2. The van der Waals surface area contributed by atoms with Crippen LogP contribution < -0.4 is 0 Å². The Kier molecular flexibility index (Phi) is 4.40. The van der Waals surface area contributed by atoms with Gasteiger partial charge in [0.25, 0.3) is 0 Å². The molecule has 1 saturated carbocycles. The summed E-state index contributed by atoms with van der Waals surface area (Å²) >= 11 is 0. The summed E-state index contributed by atoms with van der Waals surface area (Å²) in [4.78, 5) is 26.0. The van der Waals surface area contributed by atoms with Crippen molar-refractivity contribution in [3.63, 3.8) is 0 Å². The number of rotatable bonds is 6. The summed E-state index contributed by atoms with van der Waals surface area (Å²) in [6.07, 6.45) is 2.83. The molecule has 3 atom stereocenters. The number of nitrogens with zero attached hydrogens (tertiary/aromatic N) is 3. The number of fused-ring (bicyclic) bond motifs is 3. The van der Waals surface area contributed by atoms with Crippen LogP contribution in [0.2, 0.25) is 0 Å². The summed E-state index contributed by atoms with van der Waals surface area (Å²) in [6, 6.07) is 7.84. The van der Waals surface area contributed by atoms with Crippen molar-refractivity contribution in [3.8, 4) is 0 Å². The van der Waals surface area contributed by atoms with Gasteiger partial charge in [0.2, 0.25) is 5.91 Å². The highest BCUT2D eigenvalue weighted by Crippen LogP contribution is 2.70. The van der Waals surface area contributed by atoms with Crippen LogP contribution in [0.1, 0.15) is 65.5 Å². The van der Waals surface area contributed by atoms with Crippen LogP contribution in [0.3, 0.4) is 0 Å². The van der Waals surface area contributed by atoms with Crippen molar-refractivity contribution in [2.45, 2.75) is 65.0 Å². The second-order valence-electron chi connectivity index (χ2n) is 9.79. The van der Waals surface area contributed by atoms with E-state index in [9.17, 15) is 9.59 Å². The van der Waals surface area contributed by atoms with E-state index in [1.54, 1.807) is 4.68 Å². The fourth-order valence-corrected chi connectivity index (χ4v) is 5.61. The van der Waals surface area contributed by atoms with Crippen LogP contribution in [-0.4, -0.2) is 44.3 Å². The molecule has 30 heavy (non-hydrogen) atoms. The molecule has 2 aliphatic carbocycles. The van der Waals surface area contributed by atoms with Crippen LogP contribution in [0.5, 0.6) is 0 Å². The Morgan fingerprint density at radius 2 is 1.90 bits per heavy atom. The molecule has 3 aliphatic rings. The molecule has 1 aliphatic heterocycles. The molecular weight excluding hydrogens is 378 g/mol. The maximum Gasteiger partial charge on any atom is 0.320 e. The lowest BCUT2D eigenvalue weighted by Gasteiger charge is -2.37. The first-order valence-electron chi connectivity index (χ1n) is 10.9. The normalized spacial score (nSPS) is 26.0. The predicted molar refractivity (Wildman–Crippen MR) is 113 cm³/mol. The van der Waals surface area contributed by atoms with Crippen LogP contribution in [0, 0.1) is 18.3 Å². The molecule has 3 unspecified atom stereocenters. The third-order valence-electron chi connectivity index (χ3n) is 7.67. The number of benzene rings is 1. The average molecular weight is 408 g/mol. The predicted octanol–water partition coefficient (Wildman–Crippen LogP) is 3.42. The van der Waals surface area contributed by atoms with E-state index in [-0.39, 0.29) is 11.9 Å². The number of carboxylic acid groups (broad SMARTS) is 1. The second-order valence-corrected chi connectivity index (χ2v) is 9.79. The Bertz CT molecular complexity index is 1020. The van der Waals surface area contributed by atoms with Gasteiger partial charge in [0.05, 0.1) is 11.4 Å². The first kappa shape index (κ1) is 19.5. The minimum absolute atomic E-state index is 0.0763. The van der Waals surface area contributed by atoms with E-state index in [2.05, 4.69) is 31.1 Å². The smallest absolute Gasteiger partial charge is 0.320 e. The molecule has 2 fully saturated rings. The second kappa shape index (κ2) is 6.77. The van der Waals surface area contributed by atoms with Crippen molar-refractivity contribution in [2.24, 2.45) is 11.3 Å². The van der Waals surface area contributed by atoms with Gasteiger partial charge in [-0.3, -0.25) is 14.5 Å². The first-order valence-corrected chi connectivity index (χ1v) is 10.9. The minimum atomic E-state index is -0.738. The van der Waals surface area contributed by atoms with Crippen LogP contribution in [-0.2, 0) is 24.2 Å². The van der Waals surface area contributed by atoms with Gasteiger partial charge in [-0.15, -0.1) is 0 Å². The summed E-state index contributed by atoms with van der Waals surface area (Å²) in [5.74, 6) is 0.585. The summed E-state index contributed by atoms with van der Waals surface area (Å²) in [7, 11) is 0. The van der Waals surface area contributed by atoms with E-state index < -0.39 is 5.97 Å². The van der Waals surface area contributed by atoms with Crippen LogP contribution in [0.4, 0.5) is 0 Å². The molecule has 0 spiro atoms. The summed E-state index contributed by atoms with van der Waals surface area (Å²) in [6.45, 7) is 8.16. The third kappa shape index (κ3) is 3.00. The van der Waals surface area contributed by atoms with Crippen molar-refractivity contribution in [2.75, 3.05) is 6.54 Å². The molecule has 6 nitrogen and oxygen atoms in total. The van der Waals surface area contributed by atoms with Crippen molar-refractivity contribution in [1.29, 1.82) is 0 Å². The summed E-state index contributed by atoms with van der Waals surface area (Å²) < 4.78 is 1.68. The lowest BCUT2D eigenvalue weighted by molar-refractivity contribution is -0.148. The van der Waals surface area contributed by atoms with Crippen molar-refractivity contribution < 1.29 is 14.7 Å². The van der Waals surface area contributed by atoms with E-state index in [0.29, 0.717) is 36.6 Å². The van der Waals surface area contributed by atoms with Gasteiger partial charge in [0.1, 0.15) is 6.04 Å². The molecule has 2 aromatic rings. The van der Waals surface area contributed by atoms with E-state index in [0.717, 1.165) is 41.9 Å². The number of hydrogen-bond donors (Lipinski definition) is 1. The highest BCUT2D eigenvalue weighted by molar-refractivity contribution is 5.80. The molecule has 1 aromatic heterocycles. The highest BCUT2D eigenvalue weighted by atomic mass is 16.4. The van der Waals surface area contributed by atoms with Crippen LogP contribution in [0.15, 0.2) is 24.3 Å². The highest BCUT2D eigenvalue weighted by Gasteiger charge is 2.64. The Balaban J connectivity index is 1.19. The van der Waals surface area contributed by atoms with Crippen molar-refractivity contribution >= 4 is 11.9 Å². The van der Waals surface area contributed by atoms with Crippen LogP contribution >= 0.6 is 0 Å². The van der Waals surface area contributed by atoms with Gasteiger partial charge in [-0.25, -0.2) is 4.68 Å². The number of likely N-dealkylation sites (tertiary alicyclic amines) is 1. The Labute approximate surface area is 176 Å². The van der Waals surface area contributed by atoms with Crippen LogP contribution in [0.25, 0.3) is 0 Å². The van der Waals surface area contributed by atoms with E-state index >= 15 is 0 Å². The van der Waals surface area contributed by atoms with E-state index in [1.807, 2.05) is 24.0 Å². The zero-order valence-corrected chi connectivity index (χ0v) is 17.9. The molecule has 158 valence electrons. The summed E-state index contributed by atoms with van der Waals surface area (Å²) in [5.41, 5.74) is 6.08. The zero-order valence-electron chi connectivity index (χ0n) is 17.9. The minimum Gasteiger partial charge on any atom is -0.480 e. The number of aryl methyl sites for hydroxylation is 2. The first-order chi connectivity index (χ1) is 14.3. The number of carboxylic acids is 1. The largest absolute Gasteiger partial charge is 0.480 e. The quantitative estimate of drug-likeness (QED) is 0.794. The van der Waals surface area contributed by atoms with Gasteiger partial charge in [-0.1, -0.05) is 38.1 Å². The van der Waals surface area contributed by atoms with Gasteiger partial charge in [-0.2, -0.15) is 5.10 Å². The lowest BCUT2D eigenvalue weighted by Crippen LogP contribution is -2.51. The monoisotopic (exact) mass is 407 g/mol. The maximum absolute atomic E-state index is 12.9. The Morgan fingerprint density at radius 3 is 2.53 bits per heavy atom. The molecule has 2 heterocycles. The van der Waals surface area contributed by atoms with Gasteiger partial charge < -0.3 is 5.11 Å². The number of aromatic nitrogens is 2. The SMILES string of the molecule is Cc1nn(C(=O)CCc2ccc(CN3CCC3C(=O)O)cc2)c2c1C1C(C2)C1(C)C. The van der Waals surface area contributed by atoms with Crippen molar-refractivity contribution in [1.82, 2.24) is 14.7 Å². The average Bonchev–Trinajstić information content (AvgIpc) is 3.01. The molecule has 5 rings (SSSR count). The van der Waals surface area contributed by atoms with Gasteiger partial charge in [0.15, 0.2) is 0 Å². The number of hydrogen-bond acceptors (Lipinski definition) is 4. The molecule has 0 amide bonds. The fourth-order valence-electron chi connectivity index (χ4n) is 5.61. The third-order valence-corrected chi connectivity index (χ3v) is 7.67. The Morgan fingerprint density at radius 1 is 1.20 bits per heavy atom. The fraction of sp³-hybridized carbons (Fsp3) is 0.542. The molecule has 6 heteroatoms. The number of aliphatic carboxylic acids is 1. The van der Waals surface area contributed by atoms with Crippen molar-refractivity contribution in [3.05, 3.63) is 52.3 Å². The van der Waals surface area contributed by atoms with Gasteiger partial charge in [-0.05, 0) is 54.6 Å². The molecule has 1 aromatic carbocycles. The number of carbonyl (C=O) groups excluding carboxylic acids is 1. The molecular formula is C24H29N3O3. The lowest BCUT2D eigenvalue weighted by atomic mass is 9.98. The topological polar surface area (TPSA) is 75.4 Å².